The molecule has 0 bridgehead atoms. The van der Waals surface area contributed by atoms with Crippen molar-refractivity contribution in [3.8, 4) is 0 Å². The summed E-state index contributed by atoms with van der Waals surface area (Å²) in [5, 5.41) is 34.6. The number of hydrogen-bond donors (Lipinski definition) is 4. The van der Waals surface area contributed by atoms with Crippen LogP contribution >= 0.6 is 7.82 Å². The van der Waals surface area contributed by atoms with Gasteiger partial charge < -0.3 is 44.7 Å². The number of phosphoric acid groups is 1. The van der Waals surface area contributed by atoms with Crippen LogP contribution in [0.15, 0.2) is 0 Å². The molecular formula is C6H12CaKO10P. The third-order valence-corrected chi connectivity index (χ3v) is 0.682. The molecule has 0 saturated carbocycles. The van der Waals surface area contributed by atoms with Crippen molar-refractivity contribution in [3.05, 3.63) is 0 Å². The quantitative estimate of drug-likeness (QED) is 0.272. The predicted octanol–water partition coefficient (Wildman–Crippen LogP) is -8.70. The molecule has 19 heavy (non-hydrogen) atoms. The summed E-state index contributed by atoms with van der Waals surface area (Å²) in [6.07, 6.45) is -2.69. The molecule has 104 valence electrons. The van der Waals surface area contributed by atoms with E-state index in [1.807, 2.05) is 0 Å². The second-order valence-corrected chi connectivity index (χ2v) is 3.46. The molecule has 2 atom stereocenters. The van der Waals surface area contributed by atoms with Gasteiger partial charge >= 0.3 is 89.1 Å². The zero-order valence-electron chi connectivity index (χ0n) is 10.5. The van der Waals surface area contributed by atoms with Crippen molar-refractivity contribution >= 4 is 57.5 Å². The van der Waals surface area contributed by atoms with Gasteiger partial charge in [-0.15, -0.1) is 0 Å². The van der Waals surface area contributed by atoms with Crippen LogP contribution in [0.25, 0.3) is 0 Å². The molecule has 0 amide bonds. The fraction of sp³-hybridized carbons (Fsp3) is 0.667. The molecule has 0 aliphatic carbocycles. The number of carboxylic acid groups (broad SMARTS) is 2. The van der Waals surface area contributed by atoms with Crippen LogP contribution in [-0.4, -0.2) is 81.9 Å². The first-order valence-corrected chi connectivity index (χ1v) is 5.36. The van der Waals surface area contributed by atoms with E-state index in [1.165, 1.54) is 0 Å². The van der Waals surface area contributed by atoms with E-state index in [0.717, 1.165) is 13.8 Å². The summed E-state index contributed by atoms with van der Waals surface area (Å²) in [5.41, 5.74) is 0. The summed E-state index contributed by atoms with van der Waals surface area (Å²) in [4.78, 5) is 41.6. The van der Waals surface area contributed by atoms with Crippen molar-refractivity contribution in [1.82, 2.24) is 0 Å². The van der Waals surface area contributed by atoms with Gasteiger partial charge in [0.05, 0.1) is 24.1 Å². The molecule has 0 rings (SSSR count). The molecule has 0 radical (unpaired) electrons. The van der Waals surface area contributed by atoms with E-state index in [0.29, 0.717) is 0 Å². The zero-order chi connectivity index (χ0) is 14.8. The molecule has 0 fully saturated rings. The first kappa shape index (κ1) is 32.7. The maximum absolute atomic E-state index is 9.34. The van der Waals surface area contributed by atoms with Gasteiger partial charge in [-0.25, -0.2) is 0 Å². The smallest absolute Gasteiger partial charge is 0.756 e. The minimum atomic E-state index is -4.89. The van der Waals surface area contributed by atoms with Gasteiger partial charge in [0.1, 0.15) is 0 Å². The Morgan fingerprint density at radius 2 is 1.05 bits per heavy atom. The van der Waals surface area contributed by atoms with Gasteiger partial charge in [0.15, 0.2) is 0 Å². The third kappa shape index (κ3) is 65.1. The maximum Gasteiger partial charge on any atom is 2.00 e. The number of aliphatic hydroxyl groups excluding tert-OH is 2. The van der Waals surface area contributed by atoms with Crippen LogP contribution in [0.4, 0.5) is 0 Å². The number of aliphatic carboxylic acids is 2. The first-order valence-electron chi connectivity index (χ1n) is 3.83. The van der Waals surface area contributed by atoms with Crippen molar-refractivity contribution in [2.45, 2.75) is 26.1 Å². The normalized spacial score (nSPS) is 11.7. The third-order valence-electron chi connectivity index (χ3n) is 0.682. The van der Waals surface area contributed by atoms with Crippen LogP contribution in [-0.2, 0) is 14.2 Å². The predicted molar refractivity (Wildman–Crippen MR) is 51.2 cm³/mol. The van der Waals surface area contributed by atoms with Crippen molar-refractivity contribution in [2.75, 3.05) is 0 Å². The van der Waals surface area contributed by atoms with Crippen LogP contribution < -0.4 is 66.5 Å². The van der Waals surface area contributed by atoms with Gasteiger partial charge in [-0.2, -0.15) is 0 Å². The fourth-order valence-electron chi connectivity index (χ4n) is 0. The zero-order valence-corrected chi connectivity index (χ0v) is 16.8. The number of aliphatic hydroxyl groups is 2. The van der Waals surface area contributed by atoms with E-state index in [4.69, 9.17) is 29.5 Å². The maximum atomic E-state index is 9.34. The number of hydrogen-bond acceptors (Lipinski definition) is 8. The van der Waals surface area contributed by atoms with E-state index >= 15 is 0 Å². The summed E-state index contributed by atoms with van der Waals surface area (Å²) >= 11 is 0. The number of carbonyl (C=O) groups is 2. The summed E-state index contributed by atoms with van der Waals surface area (Å²) < 4.78 is 8.77. The molecule has 0 aromatic carbocycles. The Bertz CT molecular complexity index is 251. The van der Waals surface area contributed by atoms with E-state index in [-0.39, 0.29) is 89.1 Å². The average molecular weight is 354 g/mol. The molecular weight excluding hydrogens is 342 g/mol. The molecule has 4 N–H and O–H groups in total. The Morgan fingerprint density at radius 1 is 1.00 bits per heavy atom. The van der Waals surface area contributed by atoms with Gasteiger partial charge in [0, 0.05) is 0 Å². The molecule has 13 heteroatoms. The summed E-state index contributed by atoms with van der Waals surface area (Å²) in [6, 6.07) is 0. The van der Waals surface area contributed by atoms with E-state index in [1.54, 1.807) is 0 Å². The van der Waals surface area contributed by atoms with E-state index < -0.39 is 32.0 Å². The first-order chi connectivity index (χ1) is 7.29. The Kier molecular flexibility index (Phi) is 30.8. The second kappa shape index (κ2) is 17.9. The second-order valence-electron chi connectivity index (χ2n) is 2.48. The Balaban J connectivity index is -0.0000000492. The summed E-state index contributed by atoms with van der Waals surface area (Å²) in [7, 11) is -4.89. The van der Waals surface area contributed by atoms with E-state index in [2.05, 4.69) is 0 Å². The molecule has 0 spiro atoms. The van der Waals surface area contributed by atoms with Crippen LogP contribution in [0.1, 0.15) is 13.8 Å². The van der Waals surface area contributed by atoms with Crippen LogP contribution in [0.2, 0.25) is 0 Å². The number of rotatable bonds is 2. The molecule has 10 nitrogen and oxygen atoms in total. The average Bonchev–Trinajstić information content (AvgIpc) is 2.01. The van der Waals surface area contributed by atoms with Crippen molar-refractivity contribution in [3.63, 3.8) is 0 Å². The standard InChI is InChI=1S/2C3H6O3.Ca.K.H3O4P/c2*1-2(4)3(5)6;;;1-5(2,3)4/h2*2,4H,1H3,(H,5,6);;;(H3,1,2,3,4)/q;;+2;+1;/p-3. The molecule has 0 heterocycles. The molecule has 0 aromatic rings. The molecule has 0 aromatic heterocycles. The SMILES string of the molecule is CC(O)C(=O)[O-].CC(O)C(=O)[O-].O=P([O-])(O)O.[Ca+2].[K+]. The monoisotopic (exact) mass is 354 g/mol. The van der Waals surface area contributed by atoms with Crippen molar-refractivity contribution in [2.24, 2.45) is 0 Å². The van der Waals surface area contributed by atoms with Crippen LogP contribution in [0.3, 0.4) is 0 Å². The topological polar surface area (TPSA) is 201 Å². The van der Waals surface area contributed by atoms with Gasteiger partial charge in [0.2, 0.25) is 0 Å². The number of carbonyl (C=O) groups excluding carboxylic acids is 2. The van der Waals surface area contributed by atoms with Crippen LogP contribution in [0, 0.1) is 0 Å². The van der Waals surface area contributed by atoms with Crippen LogP contribution in [0.5, 0.6) is 0 Å². The van der Waals surface area contributed by atoms with Gasteiger partial charge in [-0.3, -0.25) is 4.57 Å². The molecule has 0 aliphatic heterocycles. The Morgan fingerprint density at radius 3 is 1.05 bits per heavy atom. The largest absolute Gasteiger partial charge is 2.00 e. The van der Waals surface area contributed by atoms with Crippen molar-refractivity contribution < 1.29 is 101 Å². The molecule has 2 unspecified atom stereocenters. The molecule has 0 saturated heterocycles. The van der Waals surface area contributed by atoms with E-state index in [9.17, 15) is 19.8 Å². The van der Waals surface area contributed by atoms with Gasteiger partial charge in [-0.1, -0.05) is 0 Å². The van der Waals surface area contributed by atoms with Gasteiger partial charge in [-0.05, 0) is 13.8 Å². The number of carboxylic acids is 2. The minimum Gasteiger partial charge on any atom is -0.756 e. The summed E-state index contributed by atoms with van der Waals surface area (Å²) in [5.74, 6) is -2.87. The van der Waals surface area contributed by atoms with Crippen molar-refractivity contribution in [1.29, 1.82) is 0 Å². The fourth-order valence-corrected chi connectivity index (χ4v) is 0. The minimum absolute atomic E-state index is 0. The Labute approximate surface area is 181 Å². The Hall–Kier alpha value is 1.87. The molecule has 0 aliphatic rings. The van der Waals surface area contributed by atoms with Gasteiger partial charge in [0.25, 0.3) is 7.82 Å². The summed E-state index contributed by atoms with van der Waals surface area (Å²) in [6.45, 7) is 2.27.